The number of rotatable bonds is 11. The van der Waals surface area contributed by atoms with Gasteiger partial charge in [0, 0.05) is 13.1 Å². The zero-order chi connectivity index (χ0) is 19.0. The average molecular weight is 378 g/mol. The Morgan fingerprint density at radius 1 is 1.12 bits per heavy atom. The highest BCUT2D eigenvalue weighted by Gasteiger charge is 2.04. The van der Waals surface area contributed by atoms with Crippen LogP contribution in [0.15, 0.2) is 36.4 Å². The number of ether oxygens (including phenoxy) is 1. The topological polar surface area (TPSA) is 84.5 Å². The van der Waals surface area contributed by atoms with Gasteiger partial charge in [-0.05, 0) is 41.3 Å². The molecule has 2 N–H and O–H groups in total. The van der Waals surface area contributed by atoms with Crippen LogP contribution in [0, 0.1) is 0 Å². The van der Waals surface area contributed by atoms with Gasteiger partial charge in [0.05, 0.1) is 12.3 Å². The molecule has 0 saturated heterocycles. The van der Waals surface area contributed by atoms with Crippen molar-refractivity contribution >= 4 is 27.1 Å². The van der Waals surface area contributed by atoms with Crippen LogP contribution in [-0.4, -0.2) is 46.7 Å². The molecule has 2 aromatic carbocycles. The smallest absolute Gasteiger partial charge is 0.208 e. The highest BCUT2D eigenvalue weighted by Crippen LogP contribution is 2.22. The third kappa shape index (κ3) is 6.74. The van der Waals surface area contributed by atoms with Gasteiger partial charge < -0.3 is 14.8 Å². The van der Waals surface area contributed by atoms with Crippen molar-refractivity contribution in [2.45, 2.75) is 25.8 Å². The lowest BCUT2D eigenvalue weighted by molar-refractivity contribution is -0.109. The number of benzene rings is 2. The molecule has 6 nitrogen and oxygen atoms in total. The van der Waals surface area contributed by atoms with Gasteiger partial charge in [0.1, 0.15) is 18.6 Å². The normalized spacial score (nSPS) is 12.8. The minimum Gasteiger partial charge on any atom is -0.492 e. The number of hydrogen-bond donors (Lipinski definition) is 2. The van der Waals surface area contributed by atoms with Crippen molar-refractivity contribution in [1.29, 1.82) is 0 Å². The lowest BCUT2D eigenvalue weighted by Gasteiger charge is -2.12. The Balaban J connectivity index is 1.90. The Kier molecular flexibility index (Phi) is 7.56. The number of hydrogen-bond acceptors (Lipinski definition) is 5. The van der Waals surface area contributed by atoms with E-state index in [1.807, 2.05) is 37.3 Å². The number of fused-ring (bicyclic) bond motifs is 1. The zero-order valence-corrected chi connectivity index (χ0v) is 16.0. The summed E-state index contributed by atoms with van der Waals surface area (Å²) in [5.41, 5.74) is 1.07. The monoisotopic (exact) mass is 378 g/mol. The number of nitrogens with one attached hydrogen (secondary N) is 2. The minimum absolute atomic E-state index is 0.120. The number of carbonyl (C=O) groups is 1. The van der Waals surface area contributed by atoms with Crippen LogP contribution in [-0.2, 0) is 21.2 Å². The first-order valence-corrected chi connectivity index (χ1v) is 10.6. The summed E-state index contributed by atoms with van der Waals surface area (Å²) in [6.07, 6.45) is 3.48. The molecule has 0 saturated carbocycles. The van der Waals surface area contributed by atoms with Crippen molar-refractivity contribution in [3.63, 3.8) is 0 Å². The van der Waals surface area contributed by atoms with Crippen molar-refractivity contribution in [2.24, 2.45) is 0 Å². The second-order valence-electron chi connectivity index (χ2n) is 6.21. The van der Waals surface area contributed by atoms with Crippen LogP contribution in [0.25, 0.3) is 10.8 Å². The zero-order valence-electron chi connectivity index (χ0n) is 15.2. The predicted octanol–water partition coefficient (Wildman–Crippen LogP) is 1.88. The molecular weight excluding hydrogens is 352 g/mol. The van der Waals surface area contributed by atoms with Gasteiger partial charge in [-0.25, -0.2) is 13.1 Å². The van der Waals surface area contributed by atoms with E-state index in [2.05, 4.69) is 16.1 Å². The van der Waals surface area contributed by atoms with Crippen LogP contribution in [0.5, 0.6) is 5.75 Å². The molecule has 1 unspecified atom stereocenters. The van der Waals surface area contributed by atoms with Crippen molar-refractivity contribution in [2.75, 3.05) is 26.0 Å². The quantitative estimate of drug-likeness (QED) is 0.461. The second kappa shape index (κ2) is 9.66. The lowest BCUT2D eigenvalue weighted by atomic mass is 10.0. The van der Waals surface area contributed by atoms with E-state index in [0.29, 0.717) is 26.1 Å². The first kappa shape index (κ1) is 20.4. The molecule has 0 aromatic heterocycles. The van der Waals surface area contributed by atoms with E-state index in [0.717, 1.165) is 41.0 Å². The molecule has 0 amide bonds. The maximum Gasteiger partial charge on any atom is 0.208 e. The summed E-state index contributed by atoms with van der Waals surface area (Å²) in [4.78, 5) is 10.8. The Labute approximate surface area is 155 Å². The molecule has 1 atom stereocenters. The summed E-state index contributed by atoms with van der Waals surface area (Å²) in [6, 6.07) is 11.8. The Bertz CT molecular complexity index is 837. The highest BCUT2D eigenvalue weighted by molar-refractivity contribution is 7.88. The number of sulfonamides is 1. The molecule has 0 heterocycles. The summed E-state index contributed by atoms with van der Waals surface area (Å²) < 4.78 is 30.4. The van der Waals surface area contributed by atoms with Gasteiger partial charge in [0.2, 0.25) is 10.0 Å². The average Bonchev–Trinajstić information content (AvgIpc) is 2.61. The third-order valence-corrected chi connectivity index (χ3v) is 4.76. The fourth-order valence-corrected chi connectivity index (χ4v) is 3.07. The van der Waals surface area contributed by atoms with Gasteiger partial charge in [-0.15, -0.1) is 0 Å². The van der Waals surface area contributed by atoms with Gasteiger partial charge in [-0.2, -0.15) is 0 Å². The predicted molar refractivity (Wildman–Crippen MR) is 104 cm³/mol. The van der Waals surface area contributed by atoms with Gasteiger partial charge in [0.25, 0.3) is 0 Å². The number of carbonyl (C=O) groups excluding carboxylic acids is 1. The van der Waals surface area contributed by atoms with Crippen LogP contribution >= 0.6 is 0 Å². The molecule has 2 rings (SSSR count). The van der Waals surface area contributed by atoms with Gasteiger partial charge >= 0.3 is 0 Å². The van der Waals surface area contributed by atoms with Crippen molar-refractivity contribution in [3.05, 3.63) is 42.0 Å². The van der Waals surface area contributed by atoms with Crippen LogP contribution in [0.2, 0.25) is 0 Å². The van der Waals surface area contributed by atoms with Crippen LogP contribution in [0.4, 0.5) is 0 Å². The van der Waals surface area contributed by atoms with Gasteiger partial charge in [0.15, 0.2) is 0 Å². The molecule has 0 aliphatic rings. The summed E-state index contributed by atoms with van der Waals surface area (Å²) >= 11 is 0. The van der Waals surface area contributed by atoms with Crippen LogP contribution < -0.4 is 14.8 Å². The molecule has 26 heavy (non-hydrogen) atoms. The molecule has 0 aliphatic heterocycles. The summed E-state index contributed by atoms with van der Waals surface area (Å²) in [6.45, 7) is 3.45. The molecular formula is C19H26N2O4S. The fourth-order valence-electron chi connectivity index (χ4n) is 2.60. The van der Waals surface area contributed by atoms with E-state index in [1.165, 1.54) is 0 Å². The van der Waals surface area contributed by atoms with Gasteiger partial charge in [-0.1, -0.05) is 31.2 Å². The van der Waals surface area contributed by atoms with E-state index >= 15 is 0 Å². The lowest BCUT2D eigenvalue weighted by Crippen LogP contribution is -2.33. The Hall–Kier alpha value is -1.96. The fraction of sp³-hybridized carbons (Fsp3) is 0.421. The van der Waals surface area contributed by atoms with E-state index in [-0.39, 0.29) is 6.04 Å². The van der Waals surface area contributed by atoms with Crippen molar-refractivity contribution < 1.29 is 17.9 Å². The van der Waals surface area contributed by atoms with Gasteiger partial charge in [-0.3, -0.25) is 0 Å². The summed E-state index contributed by atoms with van der Waals surface area (Å²) in [5, 5.41) is 5.27. The van der Waals surface area contributed by atoms with E-state index in [4.69, 9.17) is 4.74 Å². The van der Waals surface area contributed by atoms with Crippen molar-refractivity contribution in [1.82, 2.24) is 10.0 Å². The molecule has 0 aliphatic carbocycles. The standard InChI is InChI=1S/C19H26N2O4S/c1-3-18(14-22)20-10-11-25-19-7-6-16-12-15(4-5-17(16)13-19)8-9-21-26(2,23)24/h4-7,12-14,18,20-21H,3,8-11H2,1-2H3. The summed E-state index contributed by atoms with van der Waals surface area (Å²) in [7, 11) is -3.15. The van der Waals surface area contributed by atoms with Crippen LogP contribution in [0.1, 0.15) is 18.9 Å². The third-order valence-electron chi connectivity index (χ3n) is 4.04. The summed E-state index contributed by atoms with van der Waals surface area (Å²) in [5.74, 6) is 0.782. The van der Waals surface area contributed by atoms with Crippen molar-refractivity contribution in [3.8, 4) is 5.75 Å². The molecule has 2 aromatic rings. The van der Waals surface area contributed by atoms with E-state index in [9.17, 15) is 13.2 Å². The number of aldehydes is 1. The highest BCUT2D eigenvalue weighted by atomic mass is 32.2. The minimum atomic E-state index is -3.15. The molecule has 142 valence electrons. The maximum atomic E-state index is 11.1. The molecule has 0 bridgehead atoms. The molecule has 0 fully saturated rings. The van der Waals surface area contributed by atoms with E-state index < -0.39 is 10.0 Å². The Morgan fingerprint density at radius 2 is 1.85 bits per heavy atom. The van der Waals surface area contributed by atoms with Crippen LogP contribution in [0.3, 0.4) is 0 Å². The Morgan fingerprint density at radius 3 is 2.54 bits per heavy atom. The second-order valence-corrected chi connectivity index (χ2v) is 8.05. The first-order valence-electron chi connectivity index (χ1n) is 8.70. The molecule has 0 spiro atoms. The SMILES string of the molecule is CCC(C=O)NCCOc1ccc2cc(CCNS(C)(=O)=O)ccc2c1. The molecule has 7 heteroatoms. The maximum absolute atomic E-state index is 11.1. The largest absolute Gasteiger partial charge is 0.492 e. The first-order chi connectivity index (χ1) is 12.4. The molecule has 0 radical (unpaired) electrons. The van der Waals surface area contributed by atoms with E-state index in [1.54, 1.807) is 0 Å².